The van der Waals surface area contributed by atoms with Crippen molar-refractivity contribution in [2.45, 2.75) is 18.4 Å². The summed E-state index contributed by atoms with van der Waals surface area (Å²) < 4.78 is 8.91. The van der Waals surface area contributed by atoms with Crippen molar-refractivity contribution in [1.82, 2.24) is 4.57 Å². The van der Waals surface area contributed by atoms with Gasteiger partial charge in [0.1, 0.15) is 17.0 Å². The van der Waals surface area contributed by atoms with E-state index in [4.69, 9.17) is 4.42 Å². The van der Waals surface area contributed by atoms with Gasteiger partial charge in [0.05, 0.1) is 11.1 Å². The van der Waals surface area contributed by atoms with E-state index in [2.05, 4.69) is 234 Å². The summed E-state index contributed by atoms with van der Waals surface area (Å²) in [5.41, 5.74) is 14.2. The second-order valence-electron chi connectivity index (χ2n) is 16.3. The van der Waals surface area contributed by atoms with Gasteiger partial charge in [0.2, 0.25) is 0 Å². The molecule has 2 aromatic heterocycles. The van der Waals surface area contributed by atoms with Gasteiger partial charge in [-0.05, 0) is 102 Å². The lowest BCUT2D eigenvalue weighted by atomic mass is 9.80. The molecule has 0 N–H and O–H groups in total. The summed E-state index contributed by atoms with van der Waals surface area (Å²) in [5, 5.41) is 3.52. The molecule has 8 aromatic carbocycles. The number of hydrogen-bond donors (Lipinski definition) is 0. The third-order valence-electron chi connectivity index (χ3n) is 12.8. The van der Waals surface area contributed by atoms with Gasteiger partial charge in [-0.25, -0.2) is 0 Å². The molecule has 4 heteroatoms. The van der Waals surface area contributed by atoms with Crippen LogP contribution in [0.4, 0.5) is 28.6 Å². The van der Waals surface area contributed by atoms with Crippen LogP contribution >= 0.6 is 0 Å². The Balaban J connectivity index is 0.999. The second-order valence-corrected chi connectivity index (χ2v) is 16.3. The van der Waals surface area contributed by atoms with E-state index in [-0.39, 0.29) is 11.5 Å². The Morgan fingerprint density at radius 3 is 1.84 bits per heavy atom. The minimum absolute atomic E-state index is 0.180. The van der Waals surface area contributed by atoms with E-state index in [1.165, 1.54) is 44.5 Å². The second kappa shape index (κ2) is 13.9. The largest absolute Gasteiger partial charge is 0.456 e. The number of fused-ring (bicyclic) bond motifs is 8. The highest BCUT2D eigenvalue weighted by molar-refractivity contribution is 6.06. The molecule has 61 heavy (non-hydrogen) atoms. The zero-order chi connectivity index (χ0) is 40.5. The zero-order valence-corrected chi connectivity index (χ0v) is 33.7. The molecule has 0 fully saturated rings. The lowest BCUT2D eigenvalue weighted by molar-refractivity contribution is 0.540. The van der Waals surface area contributed by atoms with Gasteiger partial charge in [-0.3, -0.25) is 4.57 Å². The highest BCUT2D eigenvalue weighted by atomic mass is 16.3. The van der Waals surface area contributed by atoms with Crippen LogP contribution in [0.1, 0.15) is 18.4 Å². The number of para-hydroxylation sites is 3. The van der Waals surface area contributed by atoms with E-state index >= 15 is 0 Å². The van der Waals surface area contributed by atoms with E-state index in [0.29, 0.717) is 0 Å². The molecule has 1 aliphatic carbocycles. The van der Waals surface area contributed by atoms with Crippen molar-refractivity contribution in [2.75, 3.05) is 9.80 Å². The van der Waals surface area contributed by atoms with Crippen LogP contribution in [-0.2, 0) is 0 Å². The summed E-state index contributed by atoms with van der Waals surface area (Å²) in [6.45, 7) is 2.38. The van der Waals surface area contributed by atoms with Crippen molar-refractivity contribution in [3.63, 3.8) is 0 Å². The molecule has 0 spiro atoms. The summed E-state index contributed by atoms with van der Waals surface area (Å²) >= 11 is 0. The number of allylic oxidation sites excluding steroid dienone is 2. The molecule has 3 heterocycles. The Hall–Kier alpha value is -7.82. The molecule has 0 amide bonds. The predicted molar refractivity (Wildman–Crippen MR) is 254 cm³/mol. The van der Waals surface area contributed by atoms with Gasteiger partial charge >= 0.3 is 0 Å². The Kier molecular flexibility index (Phi) is 8.01. The maximum atomic E-state index is 6.45. The standard InChI is InChI=1S/C57H41N3O/c1-57-37-15-14-24-51(57)55-50-23-10-12-25-52(50)59(41-18-6-3-7-19-41)56(55)60(57)44-33-31-43(32-34-44)58(45-35-36-49-48-22-11-13-26-53(48)61-54(49)38-45)42-29-27-40(28-30-42)47-21-9-8-20-46(47)39-16-4-2-5-17-39/h2-38,51H,1H3. The monoisotopic (exact) mass is 783 g/mol. The number of hydrogen-bond acceptors (Lipinski definition) is 3. The number of rotatable bonds is 7. The molecule has 12 rings (SSSR count). The lowest BCUT2D eigenvalue weighted by Crippen LogP contribution is -2.42. The van der Waals surface area contributed by atoms with Crippen LogP contribution in [0.15, 0.2) is 229 Å². The van der Waals surface area contributed by atoms with Crippen LogP contribution in [0, 0.1) is 0 Å². The molecule has 290 valence electrons. The van der Waals surface area contributed by atoms with Gasteiger partial charge in [0, 0.05) is 62.1 Å². The number of furan rings is 1. The highest BCUT2D eigenvalue weighted by Gasteiger charge is 2.50. The summed E-state index contributed by atoms with van der Waals surface area (Å²) in [6, 6.07) is 71.9. The summed E-state index contributed by atoms with van der Waals surface area (Å²) in [7, 11) is 0. The number of aromatic nitrogens is 1. The van der Waals surface area contributed by atoms with E-state index < -0.39 is 0 Å². The van der Waals surface area contributed by atoms with Crippen molar-refractivity contribution in [3.05, 3.63) is 230 Å². The topological polar surface area (TPSA) is 24.6 Å². The Morgan fingerprint density at radius 2 is 1.08 bits per heavy atom. The van der Waals surface area contributed by atoms with Gasteiger partial charge in [0.25, 0.3) is 0 Å². The normalized spacial score (nSPS) is 16.7. The Morgan fingerprint density at radius 1 is 0.492 bits per heavy atom. The van der Waals surface area contributed by atoms with Crippen LogP contribution < -0.4 is 9.80 Å². The van der Waals surface area contributed by atoms with Gasteiger partial charge in [-0.2, -0.15) is 0 Å². The third kappa shape index (κ3) is 5.53. The van der Waals surface area contributed by atoms with Crippen LogP contribution in [0.25, 0.3) is 60.8 Å². The van der Waals surface area contributed by atoms with Gasteiger partial charge in [-0.1, -0.05) is 146 Å². The van der Waals surface area contributed by atoms with Crippen LogP contribution in [-0.4, -0.2) is 10.1 Å². The maximum absolute atomic E-state index is 6.45. The fourth-order valence-electron chi connectivity index (χ4n) is 10.0. The average molecular weight is 784 g/mol. The molecule has 0 saturated carbocycles. The van der Waals surface area contributed by atoms with Crippen molar-refractivity contribution < 1.29 is 4.42 Å². The Bertz CT molecular complexity index is 3320. The van der Waals surface area contributed by atoms with E-state index in [0.717, 1.165) is 50.4 Å². The zero-order valence-electron chi connectivity index (χ0n) is 33.7. The molecule has 2 aliphatic rings. The SMILES string of the molecule is CC12C=CC=CC1c1c(n(-c3ccccc3)c3ccccc13)N2c1ccc(N(c2ccc(-c3ccccc3-c3ccccc3)cc2)c2ccc3c(c2)oc2ccccc23)cc1. The summed E-state index contributed by atoms with van der Waals surface area (Å²) in [5.74, 6) is 1.39. The first-order valence-electron chi connectivity index (χ1n) is 21.1. The Labute approximate surface area is 355 Å². The molecule has 4 nitrogen and oxygen atoms in total. The third-order valence-corrected chi connectivity index (χ3v) is 12.8. The minimum atomic E-state index is -0.306. The summed E-state index contributed by atoms with van der Waals surface area (Å²) in [6.07, 6.45) is 9.17. The molecular formula is C57H41N3O. The van der Waals surface area contributed by atoms with Crippen LogP contribution in [0.3, 0.4) is 0 Å². The minimum Gasteiger partial charge on any atom is -0.456 e. The molecule has 2 atom stereocenters. The first kappa shape index (κ1) is 35.2. The van der Waals surface area contributed by atoms with Crippen molar-refractivity contribution >= 4 is 61.4 Å². The first-order valence-corrected chi connectivity index (χ1v) is 21.1. The summed E-state index contributed by atoms with van der Waals surface area (Å²) in [4.78, 5) is 4.90. The first-order chi connectivity index (χ1) is 30.1. The smallest absolute Gasteiger partial charge is 0.137 e. The van der Waals surface area contributed by atoms with Crippen molar-refractivity contribution in [2.24, 2.45) is 0 Å². The molecule has 10 aromatic rings. The van der Waals surface area contributed by atoms with E-state index in [9.17, 15) is 0 Å². The fourth-order valence-corrected chi connectivity index (χ4v) is 10.0. The molecule has 0 bridgehead atoms. The predicted octanol–water partition coefficient (Wildman–Crippen LogP) is 15.5. The molecular weight excluding hydrogens is 743 g/mol. The number of anilines is 5. The van der Waals surface area contributed by atoms with Gasteiger partial charge in [0.15, 0.2) is 0 Å². The quantitative estimate of drug-likeness (QED) is 0.161. The maximum Gasteiger partial charge on any atom is 0.137 e. The van der Waals surface area contributed by atoms with Gasteiger partial charge < -0.3 is 14.2 Å². The lowest BCUT2D eigenvalue weighted by Gasteiger charge is -2.40. The fraction of sp³-hybridized carbons (Fsp3) is 0.0526. The molecule has 2 unspecified atom stereocenters. The molecule has 0 radical (unpaired) electrons. The highest BCUT2D eigenvalue weighted by Crippen LogP contribution is 2.58. The average Bonchev–Trinajstić information content (AvgIpc) is 3.95. The van der Waals surface area contributed by atoms with Gasteiger partial charge in [-0.15, -0.1) is 0 Å². The van der Waals surface area contributed by atoms with Crippen LogP contribution in [0.2, 0.25) is 0 Å². The number of benzene rings is 8. The van der Waals surface area contributed by atoms with Crippen molar-refractivity contribution in [3.8, 4) is 27.9 Å². The number of nitrogens with zero attached hydrogens (tertiary/aromatic N) is 3. The van der Waals surface area contributed by atoms with E-state index in [1.807, 2.05) is 12.1 Å². The van der Waals surface area contributed by atoms with Crippen molar-refractivity contribution in [1.29, 1.82) is 0 Å². The molecule has 1 aliphatic heterocycles. The van der Waals surface area contributed by atoms with E-state index in [1.54, 1.807) is 0 Å². The molecule has 0 saturated heterocycles. The van der Waals surface area contributed by atoms with Crippen LogP contribution in [0.5, 0.6) is 0 Å².